The van der Waals surface area contributed by atoms with Gasteiger partial charge in [0.15, 0.2) is 0 Å². The molecule has 1 saturated heterocycles. The van der Waals surface area contributed by atoms with Gasteiger partial charge in [-0.15, -0.1) is 0 Å². The zero-order chi connectivity index (χ0) is 25.0. The molecule has 1 aromatic carbocycles. The van der Waals surface area contributed by atoms with E-state index >= 15 is 0 Å². The lowest BCUT2D eigenvalue weighted by Crippen LogP contribution is -2.49. The minimum atomic E-state index is -0.437. The Morgan fingerprint density at radius 2 is 1.63 bits per heavy atom. The quantitative estimate of drug-likeness (QED) is 0.458. The van der Waals surface area contributed by atoms with E-state index in [1.165, 1.54) is 7.11 Å². The minimum Gasteiger partial charge on any atom is -0.469 e. The number of methoxy groups -OCH3 is 1. The van der Waals surface area contributed by atoms with Gasteiger partial charge in [0.25, 0.3) is 5.91 Å². The van der Waals surface area contributed by atoms with Crippen molar-refractivity contribution < 1.29 is 23.9 Å². The monoisotopic (exact) mass is 482 g/mol. The van der Waals surface area contributed by atoms with E-state index < -0.39 is 12.0 Å². The molecule has 35 heavy (non-hydrogen) atoms. The molecule has 2 heterocycles. The zero-order valence-corrected chi connectivity index (χ0v) is 19.7. The van der Waals surface area contributed by atoms with Gasteiger partial charge >= 0.3 is 12.0 Å². The summed E-state index contributed by atoms with van der Waals surface area (Å²) in [5, 5.41) is 7.97. The van der Waals surface area contributed by atoms with Gasteiger partial charge in [-0.1, -0.05) is 6.07 Å². The van der Waals surface area contributed by atoms with Crippen LogP contribution in [0.2, 0.25) is 0 Å². The molecule has 11 nitrogen and oxygen atoms in total. The average molecular weight is 483 g/mol. The first kappa shape index (κ1) is 25.5. The molecule has 4 amide bonds. The molecular formula is C24H30N6O5. The third-order valence-electron chi connectivity index (χ3n) is 5.48. The third kappa shape index (κ3) is 7.98. The highest BCUT2D eigenvalue weighted by molar-refractivity contribution is 5.95. The maximum Gasteiger partial charge on any atom is 0.319 e. The van der Waals surface area contributed by atoms with Crippen LogP contribution in [0.15, 0.2) is 48.7 Å². The first-order valence-electron chi connectivity index (χ1n) is 11.4. The Balaban J connectivity index is 1.33. The summed E-state index contributed by atoms with van der Waals surface area (Å²) in [4.78, 5) is 56.1. The van der Waals surface area contributed by atoms with E-state index in [-0.39, 0.29) is 37.7 Å². The van der Waals surface area contributed by atoms with Crippen LogP contribution in [0, 0.1) is 0 Å². The summed E-state index contributed by atoms with van der Waals surface area (Å²) in [5.74, 6) is 0.170. The number of piperazine rings is 1. The molecule has 1 fully saturated rings. The number of esters is 1. The van der Waals surface area contributed by atoms with Crippen molar-refractivity contribution in [1.29, 1.82) is 0 Å². The van der Waals surface area contributed by atoms with Crippen LogP contribution in [0.25, 0.3) is 0 Å². The van der Waals surface area contributed by atoms with Crippen molar-refractivity contribution in [2.75, 3.05) is 56.6 Å². The largest absolute Gasteiger partial charge is 0.469 e. The molecule has 3 rings (SSSR count). The second-order valence-electron chi connectivity index (χ2n) is 7.85. The number of nitrogens with zero attached hydrogens (tertiary/aromatic N) is 3. The average Bonchev–Trinajstić information content (AvgIpc) is 2.89. The minimum absolute atomic E-state index is 0.00599. The highest BCUT2D eigenvalue weighted by Crippen LogP contribution is 2.13. The van der Waals surface area contributed by atoms with Crippen LogP contribution in [0.5, 0.6) is 0 Å². The van der Waals surface area contributed by atoms with Gasteiger partial charge in [0.05, 0.1) is 13.5 Å². The molecular weight excluding hydrogens is 452 g/mol. The van der Waals surface area contributed by atoms with Crippen molar-refractivity contribution in [3.63, 3.8) is 0 Å². The number of nitrogens with one attached hydrogen (secondary N) is 3. The van der Waals surface area contributed by atoms with Crippen molar-refractivity contribution in [3.8, 4) is 0 Å². The predicted molar refractivity (Wildman–Crippen MR) is 130 cm³/mol. The number of hydrogen-bond acceptors (Lipinski definition) is 7. The van der Waals surface area contributed by atoms with E-state index in [1.54, 1.807) is 35.4 Å². The van der Waals surface area contributed by atoms with Gasteiger partial charge in [0, 0.05) is 63.1 Å². The van der Waals surface area contributed by atoms with Crippen LogP contribution in [-0.4, -0.2) is 80.1 Å². The Morgan fingerprint density at radius 1 is 0.914 bits per heavy atom. The SMILES string of the molecule is COC(=O)CCNC(=O)c1ccc(NC(=O)NCCC(=O)N2CCN(c3ccccn3)CC2)cc1. The molecule has 2 aromatic rings. The lowest BCUT2D eigenvalue weighted by molar-refractivity contribution is -0.140. The highest BCUT2D eigenvalue weighted by atomic mass is 16.5. The van der Waals surface area contributed by atoms with E-state index in [9.17, 15) is 19.2 Å². The maximum absolute atomic E-state index is 12.5. The van der Waals surface area contributed by atoms with E-state index in [4.69, 9.17) is 0 Å². The molecule has 11 heteroatoms. The number of anilines is 2. The molecule has 0 atom stereocenters. The molecule has 0 aliphatic carbocycles. The second kappa shape index (κ2) is 12.9. The summed E-state index contributed by atoms with van der Waals surface area (Å²) >= 11 is 0. The first-order valence-corrected chi connectivity index (χ1v) is 11.4. The molecule has 0 bridgehead atoms. The van der Waals surface area contributed by atoms with Crippen molar-refractivity contribution in [2.24, 2.45) is 0 Å². The van der Waals surface area contributed by atoms with Crippen molar-refractivity contribution in [2.45, 2.75) is 12.8 Å². The molecule has 0 saturated carbocycles. The van der Waals surface area contributed by atoms with Crippen LogP contribution in [0.4, 0.5) is 16.3 Å². The van der Waals surface area contributed by atoms with Crippen molar-refractivity contribution in [1.82, 2.24) is 20.5 Å². The number of ether oxygens (including phenoxy) is 1. The number of urea groups is 1. The van der Waals surface area contributed by atoms with Gasteiger partial charge in [-0.2, -0.15) is 0 Å². The number of pyridine rings is 1. The third-order valence-corrected chi connectivity index (χ3v) is 5.48. The number of carbonyl (C=O) groups is 4. The van der Waals surface area contributed by atoms with Gasteiger partial charge in [0.1, 0.15) is 5.82 Å². The lowest BCUT2D eigenvalue weighted by Gasteiger charge is -2.35. The Kier molecular flexibility index (Phi) is 9.40. The number of amides is 4. The Morgan fingerprint density at radius 3 is 2.29 bits per heavy atom. The first-order chi connectivity index (χ1) is 17.0. The molecule has 1 aromatic heterocycles. The molecule has 1 aliphatic rings. The fourth-order valence-electron chi connectivity index (χ4n) is 3.53. The van der Waals surface area contributed by atoms with Gasteiger partial charge in [-0.25, -0.2) is 9.78 Å². The Labute approximate surface area is 203 Å². The number of hydrogen-bond donors (Lipinski definition) is 3. The van der Waals surface area contributed by atoms with Gasteiger partial charge in [0.2, 0.25) is 5.91 Å². The fraction of sp³-hybridized carbons (Fsp3) is 0.375. The smallest absolute Gasteiger partial charge is 0.319 e. The normalized spacial score (nSPS) is 13.1. The van der Waals surface area contributed by atoms with Gasteiger partial charge in [-0.05, 0) is 36.4 Å². The standard InChI is InChI=1S/C24H30N6O5/c1-35-22(32)10-13-26-23(33)18-5-7-19(8-6-18)28-24(34)27-12-9-21(31)30-16-14-29(15-17-30)20-4-2-3-11-25-20/h2-8,11H,9-10,12-17H2,1H3,(H,26,33)(H2,27,28,34). The van der Waals surface area contributed by atoms with E-state index in [2.05, 4.69) is 30.6 Å². The van der Waals surface area contributed by atoms with Gasteiger partial charge in [-0.3, -0.25) is 14.4 Å². The lowest BCUT2D eigenvalue weighted by atomic mass is 10.2. The summed E-state index contributed by atoms with van der Waals surface area (Å²) in [6, 6.07) is 11.7. The summed E-state index contributed by atoms with van der Waals surface area (Å²) in [5.41, 5.74) is 0.903. The van der Waals surface area contributed by atoms with Crippen LogP contribution in [0.1, 0.15) is 23.2 Å². The number of benzene rings is 1. The number of aromatic nitrogens is 1. The van der Waals surface area contributed by atoms with E-state index in [0.29, 0.717) is 24.3 Å². The predicted octanol–water partition coefficient (Wildman–Crippen LogP) is 1.23. The van der Waals surface area contributed by atoms with Crippen LogP contribution < -0.4 is 20.9 Å². The topological polar surface area (TPSA) is 133 Å². The summed E-state index contributed by atoms with van der Waals surface area (Å²) < 4.78 is 4.52. The van der Waals surface area contributed by atoms with Crippen LogP contribution in [0.3, 0.4) is 0 Å². The van der Waals surface area contributed by atoms with Crippen molar-refractivity contribution >= 4 is 35.3 Å². The molecule has 186 valence electrons. The summed E-state index contributed by atoms with van der Waals surface area (Å²) in [6.45, 7) is 3.05. The Bertz CT molecular complexity index is 1010. The van der Waals surface area contributed by atoms with Gasteiger partial charge < -0.3 is 30.5 Å². The van der Waals surface area contributed by atoms with Crippen LogP contribution >= 0.6 is 0 Å². The van der Waals surface area contributed by atoms with E-state index in [1.807, 2.05) is 18.2 Å². The summed E-state index contributed by atoms with van der Waals surface area (Å²) in [6.07, 6.45) is 2.05. The number of carbonyl (C=O) groups excluding carboxylic acids is 4. The molecule has 0 spiro atoms. The molecule has 1 aliphatic heterocycles. The Hall–Kier alpha value is -4.15. The highest BCUT2D eigenvalue weighted by Gasteiger charge is 2.21. The molecule has 3 N–H and O–H groups in total. The van der Waals surface area contributed by atoms with E-state index in [0.717, 1.165) is 18.9 Å². The summed E-state index contributed by atoms with van der Waals surface area (Å²) in [7, 11) is 1.29. The van der Waals surface area contributed by atoms with Crippen LogP contribution in [-0.2, 0) is 14.3 Å². The zero-order valence-electron chi connectivity index (χ0n) is 19.7. The molecule has 0 unspecified atom stereocenters. The fourth-order valence-corrected chi connectivity index (χ4v) is 3.53. The number of rotatable bonds is 9. The maximum atomic E-state index is 12.5. The second-order valence-corrected chi connectivity index (χ2v) is 7.85. The molecule has 0 radical (unpaired) electrons. The van der Waals surface area contributed by atoms with Crippen molar-refractivity contribution in [3.05, 3.63) is 54.2 Å².